The molecule has 2 N–H and O–H groups in total. The fourth-order valence-corrected chi connectivity index (χ4v) is 7.34. The molecular weight excluding hydrogens is 528 g/mol. The van der Waals surface area contributed by atoms with Crippen molar-refractivity contribution < 1.29 is 9.53 Å². The van der Waals surface area contributed by atoms with Crippen LogP contribution in [0.2, 0.25) is 0 Å². The minimum absolute atomic E-state index is 0.203. The van der Waals surface area contributed by atoms with Crippen molar-refractivity contribution in [3.63, 3.8) is 0 Å². The van der Waals surface area contributed by atoms with Crippen LogP contribution in [0.4, 0.5) is 11.6 Å². The number of carbonyl (C=O) groups is 1. The third kappa shape index (κ3) is 4.71. The van der Waals surface area contributed by atoms with Crippen molar-refractivity contribution in [2.75, 3.05) is 29.9 Å². The van der Waals surface area contributed by atoms with Gasteiger partial charge in [0.25, 0.3) is 5.91 Å². The molecule has 0 radical (unpaired) electrons. The molecule has 4 atom stereocenters. The molecule has 0 spiro atoms. The molecule has 4 aromatic rings. The van der Waals surface area contributed by atoms with Gasteiger partial charge in [-0.15, -0.1) is 0 Å². The lowest BCUT2D eigenvalue weighted by molar-refractivity contribution is 0.102. The number of aromatic nitrogens is 5. The Morgan fingerprint density at radius 1 is 1.00 bits per heavy atom. The average Bonchev–Trinajstić information content (AvgIpc) is 3.62. The van der Waals surface area contributed by atoms with Crippen LogP contribution in [0.3, 0.4) is 0 Å². The molecule has 10 heteroatoms. The lowest BCUT2D eigenvalue weighted by Gasteiger charge is -2.41. The highest BCUT2D eigenvalue weighted by Crippen LogP contribution is 2.38. The highest BCUT2D eigenvalue weighted by Gasteiger charge is 2.30. The minimum atomic E-state index is -0.203. The highest BCUT2D eigenvalue weighted by molar-refractivity contribution is 6.05. The molecule has 1 aromatic carbocycles. The molecule has 3 aromatic heterocycles. The lowest BCUT2D eigenvalue weighted by atomic mass is 10.1. The zero-order valence-electron chi connectivity index (χ0n) is 25.1. The average molecular weight is 569 g/mol. The molecule has 4 bridgehead atoms. The zero-order chi connectivity index (χ0) is 29.1. The van der Waals surface area contributed by atoms with E-state index in [9.17, 15) is 4.79 Å². The van der Waals surface area contributed by atoms with Gasteiger partial charge in [-0.2, -0.15) is 5.10 Å². The van der Waals surface area contributed by atoms with Crippen molar-refractivity contribution in [1.29, 1.82) is 0 Å². The van der Waals surface area contributed by atoms with Crippen molar-refractivity contribution in [3.8, 4) is 17.1 Å². The maximum atomic E-state index is 13.8. The van der Waals surface area contributed by atoms with E-state index < -0.39 is 0 Å². The standard InChI is InChI=1S/C32H40N8O2/c1-18-10-24-12-27(34-18)29-21(4)37-38(5)31(29)42-17-23-7-6-22(11-23)16-39-28-13-25(40-19(2)14-33-15-20(40)3)8-9-26(28)35-32(39)36-30(24)41/h8-10,12-13,19-20,22-23,33H,6-7,11,14-17H2,1-5H3,(H,35,36,41)/t19-,20-,22+,23-/m0/s1. The van der Waals surface area contributed by atoms with E-state index in [-0.39, 0.29) is 5.91 Å². The van der Waals surface area contributed by atoms with Crippen molar-refractivity contribution in [3.05, 3.63) is 47.3 Å². The number of piperazine rings is 1. The van der Waals surface area contributed by atoms with Crippen molar-refractivity contribution in [1.82, 2.24) is 29.6 Å². The number of anilines is 2. The first-order valence-corrected chi connectivity index (χ1v) is 15.2. The van der Waals surface area contributed by atoms with Crippen LogP contribution in [0.25, 0.3) is 22.3 Å². The fraction of sp³-hybridized carbons (Fsp3) is 0.500. The number of hydrogen-bond donors (Lipinski definition) is 2. The third-order valence-electron chi connectivity index (χ3n) is 9.27. The Hall–Kier alpha value is -3.92. The molecular formula is C32H40N8O2. The quantitative estimate of drug-likeness (QED) is 0.343. The molecule has 5 heterocycles. The smallest absolute Gasteiger partial charge is 0.258 e. The third-order valence-corrected chi connectivity index (χ3v) is 9.27. The van der Waals surface area contributed by atoms with Gasteiger partial charge in [-0.3, -0.25) is 15.1 Å². The largest absolute Gasteiger partial charge is 0.477 e. The Kier molecular flexibility index (Phi) is 6.68. The van der Waals surface area contributed by atoms with Crippen LogP contribution >= 0.6 is 0 Å². The van der Waals surface area contributed by atoms with E-state index in [0.29, 0.717) is 53.6 Å². The van der Waals surface area contributed by atoms with E-state index in [1.807, 2.05) is 33.0 Å². The second-order valence-corrected chi connectivity index (χ2v) is 12.6. The van der Waals surface area contributed by atoms with E-state index >= 15 is 0 Å². The second kappa shape index (κ2) is 10.4. The van der Waals surface area contributed by atoms with Crippen molar-refractivity contribution in [2.45, 2.75) is 65.6 Å². The van der Waals surface area contributed by atoms with Crippen LogP contribution in [-0.4, -0.2) is 62.0 Å². The Labute approximate surface area is 246 Å². The Morgan fingerprint density at radius 3 is 2.60 bits per heavy atom. The van der Waals surface area contributed by atoms with Gasteiger partial charge < -0.3 is 19.5 Å². The number of imidazole rings is 1. The second-order valence-electron chi connectivity index (χ2n) is 12.6. The molecule has 220 valence electrons. The predicted octanol–water partition coefficient (Wildman–Crippen LogP) is 4.70. The lowest BCUT2D eigenvalue weighted by Crippen LogP contribution is -2.55. The first kappa shape index (κ1) is 26.9. The number of nitrogens with one attached hydrogen (secondary N) is 2. The summed E-state index contributed by atoms with van der Waals surface area (Å²) in [4.78, 5) is 26.1. The van der Waals surface area contributed by atoms with E-state index in [0.717, 1.165) is 66.9 Å². The number of aryl methyl sites for hydroxylation is 3. The Balaban J connectivity index is 1.33. The number of nitrogens with zero attached hydrogens (tertiary/aromatic N) is 6. The molecule has 1 aliphatic carbocycles. The van der Waals surface area contributed by atoms with Gasteiger partial charge in [-0.25, -0.2) is 9.67 Å². The maximum Gasteiger partial charge on any atom is 0.258 e. The molecule has 1 saturated carbocycles. The molecule has 0 unspecified atom stereocenters. The molecule has 10 nitrogen and oxygen atoms in total. The van der Waals surface area contributed by atoms with Crippen LogP contribution in [-0.2, 0) is 13.6 Å². The molecule has 2 aliphatic heterocycles. The van der Waals surface area contributed by atoms with Gasteiger partial charge in [0.1, 0.15) is 0 Å². The van der Waals surface area contributed by atoms with Gasteiger partial charge in [0, 0.05) is 55.7 Å². The molecule has 42 heavy (non-hydrogen) atoms. The van der Waals surface area contributed by atoms with Gasteiger partial charge in [0.2, 0.25) is 11.8 Å². The van der Waals surface area contributed by atoms with Crippen LogP contribution < -0.4 is 20.3 Å². The van der Waals surface area contributed by atoms with E-state index in [4.69, 9.17) is 14.7 Å². The SMILES string of the molecule is Cc1cc2cc(n1)-c1c(C)nn(C)c1OC[C@H]1CC[C@H](C1)Cn1c(nc3ccc(N4[C@@H](C)CNC[C@@H]4C)cc31)NC2=O. The Bertz CT molecular complexity index is 1660. The molecule has 2 fully saturated rings. The summed E-state index contributed by atoms with van der Waals surface area (Å²) in [6.07, 6.45) is 3.29. The Morgan fingerprint density at radius 2 is 1.79 bits per heavy atom. The van der Waals surface area contributed by atoms with Gasteiger partial charge in [-0.05, 0) is 89.1 Å². The molecule has 1 amide bonds. The summed E-state index contributed by atoms with van der Waals surface area (Å²) < 4.78 is 10.5. The number of pyridine rings is 1. The number of ether oxygens (including phenoxy) is 1. The summed E-state index contributed by atoms with van der Waals surface area (Å²) in [5.74, 6) is 2.02. The number of rotatable bonds is 1. The number of carbonyl (C=O) groups excluding carboxylic acids is 1. The number of benzene rings is 1. The van der Waals surface area contributed by atoms with Crippen LogP contribution in [0.15, 0.2) is 30.3 Å². The van der Waals surface area contributed by atoms with Crippen LogP contribution in [0.1, 0.15) is 54.9 Å². The summed E-state index contributed by atoms with van der Waals surface area (Å²) in [5.41, 5.74) is 6.81. The summed E-state index contributed by atoms with van der Waals surface area (Å²) in [6.45, 7) is 11.8. The molecule has 1 saturated heterocycles. The number of fused-ring (bicyclic) bond motifs is 9. The predicted molar refractivity (Wildman–Crippen MR) is 164 cm³/mol. The van der Waals surface area contributed by atoms with Crippen molar-refractivity contribution in [2.24, 2.45) is 18.9 Å². The topological polar surface area (TPSA) is 102 Å². The van der Waals surface area contributed by atoms with Gasteiger partial charge in [0.05, 0.1) is 34.6 Å². The number of hydrogen-bond acceptors (Lipinski definition) is 7. The summed E-state index contributed by atoms with van der Waals surface area (Å²) in [7, 11) is 1.90. The maximum absolute atomic E-state index is 13.8. The fourth-order valence-electron chi connectivity index (χ4n) is 7.34. The van der Waals surface area contributed by atoms with E-state index in [2.05, 4.69) is 57.2 Å². The van der Waals surface area contributed by atoms with Gasteiger partial charge >= 0.3 is 0 Å². The number of amides is 1. The minimum Gasteiger partial charge on any atom is -0.477 e. The summed E-state index contributed by atoms with van der Waals surface area (Å²) in [6, 6.07) is 11.0. The summed E-state index contributed by atoms with van der Waals surface area (Å²) >= 11 is 0. The van der Waals surface area contributed by atoms with Gasteiger partial charge in [-0.1, -0.05) is 0 Å². The van der Waals surface area contributed by atoms with E-state index in [1.165, 1.54) is 5.69 Å². The molecule has 7 rings (SSSR count). The normalized spacial score (nSPS) is 24.4. The van der Waals surface area contributed by atoms with E-state index in [1.54, 1.807) is 4.68 Å². The zero-order valence-corrected chi connectivity index (χ0v) is 25.1. The van der Waals surface area contributed by atoms with Crippen LogP contribution in [0.5, 0.6) is 5.88 Å². The first-order chi connectivity index (χ1) is 20.2. The monoisotopic (exact) mass is 568 g/mol. The molecule has 3 aliphatic rings. The first-order valence-electron chi connectivity index (χ1n) is 15.2. The van der Waals surface area contributed by atoms with Gasteiger partial charge in [0.15, 0.2) is 0 Å². The van der Waals surface area contributed by atoms with Crippen LogP contribution in [0, 0.1) is 25.7 Å². The highest BCUT2D eigenvalue weighted by atomic mass is 16.5. The van der Waals surface area contributed by atoms with Crippen molar-refractivity contribution >= 4 is 28.6 Å². The summed E-state index contributed by atoms with van der Waals surface area (Å²) in [5, 5.41) is 11.4.